The van der Waals surface area contributed by atoms with Gasteiger partial charge in [-0.1, -0.05) is 54.1 Å². The number of halogens is 3. The number of carbonyl (C=O) groups excluding carboxylic acids is 4. The minimum atomic E-state index is -0.776. The summed E-state index contributed by atoms with van der Waals surface area (Å²) < 4.78 is 6.68. The Morgan fingerprint density at radius 2 is 1.37 bits per heavy atom. The van der Waals surface area contributed by atoms with Gasteiger partial charge in [0.25, 0.3) is 17.7 Å². The van der Waals surface area contributed by atoms with Crippen LogP contribution in [0.3, 0.4) is 0 Å². The van der Waals surface area contributed by atoms with Crippen LogP contribution in [0.5, 0.6) is 5.75 Å². The van der Waals surface area contributed by atoms with Crippen molar-refractivity contribution in [3.05, 3.63) is 122 Å². The summed E-state index contributed by atoms with van der Waals surface area (Å²) in [6.07, 6.45) is 1.41. The third-order valence-electron chi connectivity index (χ3n) is 6.41. The van der Waals surface area contributed by atoms with E-state index < -0.39 is 23.8 Å². The van der Waals surface area contributed by atoms with Gasteiger partial charge in [-0.25, -0.2) is 14.6 Å². The fourth-order valence-corrected chi connectivity index (χ4v) is 5.94. The SMILES string of the molecule is Cc1ccc(NC(=O)COc2c(Br)cc(C=C3C(=O)N(c4ccccc4)C(=O)N(c4ccccc4)C3=O)cc2Br)cc1Cl. The minimum Gasteiger partial charge on any atom is -0.481 e. The number of hydrogen-bond donors (Lipinski definition) is 1. The van der Waals surface area contributed by atoms with Gasteiger partial charge in [0.1, 0.15) is 11.3 Å². The molecule has 1 aliphatic heterocycles. The normalized spacial score (nSPS) is 13.3. The number of para-hydroxylation sites is 2. The van der Waals surface area contributed by atoms with Crippen LogP contribution >= 0.6 is 43.5 Å². The van der Waals surface area contributed by atoms with E-state index in [4.69, 9.17) is 16.3 Å². The number of nitrogens with zero attached hydrogens (tertiary/aromatic N) is 2. The molecule has 11 heteroatoms. The molecule has 1 aliphatic rings. The number of rotatable bonds is 7. The molecule has 0 bridgehead atoms. The molecule has 0 saturated carbocycles. The number of benzene rings is 4. The van der Waals surface area contributed by atoms with E-state index in [2.05, 4.69) is 37.2 Å². The van der Waals surface area contributed by atoms with Crippen molar-refractivity contribution in [3.8, 4) is 5.75 Å². The number of barbiturate groups is 1. The first kappa shape index (κ1) is 30.2. The lowest BCUT2D eigenvalue weighted by molar-refractivity contribution is -0.121. The van der Waals surface area contributed by atoms with Gasteiger partial charge in [0.2, 0.25) is 0 Å². The molecule has 4 aromatic carbocycles. The Morgan fingerprint density at radius 3 is 1.88 bits per heavy atom. The second kappa shape index (κ2) is 12.9. The molecule has 0 aromatic heterocycles. The average Bonchev–Trinajstić information content (AvgIpc) is 2.98. The molecule has 43 heavy (non-hydrogen) atoms. The van der Waals surface area contributed by atoms with Crippen LogP contribution in [-0.2, 0) is 14.4 Å². The zero-order valence-corrected chi connectivity index (χ0v) is 26.4. The topological polar surface area (TPSA) is 96.0 Å². The number of nitrogens with one attached hydrogen (secondary N) is 1. The lowest BCUT2D eigenvalue weighted by atomic mass is 10.0. The van der Waals surface area contributed by atoms with Crippen molar-refractivity contribution in [2.45, 2.75) is 6.92 Å². The van der Waals surface area contributed by atoms with Gasteiger partial charge in [0, 0.05) is 10.7 Å². The van der Waals surface area contributed by atoms with E-state index >= 15 is 0 Å². The van der Waals surface area contributed by atoms with E-state index in [0.29, 0.717) is 42.3 Å². The van der Waals surface area contributed by atoms with Gasteiger partial charge in [-0.2, -0.15) is 0 Å². The number of hydrogen-bond acceptors (Lipinski definition) is 5. The predicted octanol–water partition coefficient (Wildman–Crippen LogP) is 7.77. The maximum atomic E-state index is 13.6. The summed E-state index contributed by atoms with van der Waals surface area (Å²) >= 11 is 13.0. The molecule has 1 saturated heterocycles. The Labute approximate surface area is 269 Å². The molecule has 216 valence electrons. The first-order valence-electron chi connectivity index (χ1n) is 12.9. The van der Waals surface area contributed by atoms with E-state index in [0.717, 1.165) is 15.4 Å². The minimum absolute atomic E-state index is 0.212. The second-order valence-corrected chi connectivity index (χ2v) is 11.5. The molecular formula is C32H22Br2ClN3O5. The number of carbonyl (C=O) groups is 4. The molecule has 5 amide bonds. The molecule has 1 N–H and O–H groups in total. The molecular weight excluding hydrogens is 702 g/mol. The fourth-order valence-electron chi connectivity index (χ4n) is 4.31. The number of amides is 5. The number of anilines is 3. The molecule has 0 unspecified atom stereocenters. The zero-order valence-electron chi connectivity index (χ0n) is 22.5. The van der Waals surface area contributed by atoms with Crippen LogP contribution in [0.15, 0.2) is 106 Å². The van der Waals surface area contributed by atoms with E-state index in [-0.39, 0.29) is 12.2 Å². The Balaban J connectivity index is 1.42. The summed E-state index contributed by atoms with van der Waals surface area (Å²) in [5.74, 6) is -1.56. The molecule has 4 aromatic rings. The number of urea groups is 1. The van der Waals surface area contributed by atoms with E-state index in [1.54, 1.807) is 91.0 Å². The van der Waals surface area contributed by atoms with Crippen molar-refractivity contribution in [1.82, 2.24) is 0 Å². The third-order valence-corrected chi connectivity index (χ3v) is 8.00. The van der Waals surface area contributed by atoms with Crippen molar-refractivity contribution in [2.75, 3.05) is 21.7 Å². The summed E-state index contributed by atoms with van der Waals surface area (Å²) in [5, 5.41) is 3.27. The summed E-state index contributed by atoms with van der Waals surface area (Å²) in [6, 6.07) is 24.5. The van der Waals surface area contributed by atoms with Crippen LogP contribution in [0.1, 0.15) is 11.1 Å². The highest BCUT2D eigenvalue weighted by Gasteiger charge is 2.43. The standard InChI is InChI=1S/C32H22Br2ClN3O5/c1-19-12-13-21(17-27(19)35)36-28(39)18-43-29-25(33)15-20(16-26(29)34)14-24-30(40)37(22-8-4-2-5-9-22)32(42)38(31(24)41)23-10-6-3-7-11-23/h2-17H,18H2,1H3,(H,36,39). The van der Waals surface area contributed by atoms with Gasteiger partial charge in [0.05, 0.1) is 20.3 Å². The smallest absolute Gasteiger partial charge is 0.343 e. The predicted molar refractivity (Wildman–Crippen MR) is 173 cm³/mol. The molecule has 0 radical (unpaired) electrons. The van der Waals surface area contributed by atoms with Gasteiger partial charge >= 0.3 is 6.03 Å². The van der Waals surface area contributed by atoms with Gasteiger partial charge in [0.15, 0.2) is 6.61 Å². The number of aryl methyl sites for hydroxylation is 1. The lowest BCUT2D eigenvalue weighted by Gasteiger charge is -2.34. The Kier molecular flexibility index (Phi) is 9.10. The van der Waals surface area contributed by atoms with Crippen LogP contribution < -0.4 is 19.9 Å². The molecule has 8 nitrogen and oxygen atoms in total. The first-order valence-corrected chi connectivity index (χ1v) is 14.8. The van der Waals surface area contributed by atoms with Crippen molar-refractivity contribution < 1.29 is 23.9 Å². The van der Waals surface area contributed by atoms with Crippen LogP contribution in [0.4, 0.5) is 21.9 Å². The van der Waals surface area contributed by atoms with Crippen molar-refractivity contribution in [3.63, 3.8) is 0 Å². The molecule has 0 spiro atoms. The summed E-state index contributed by atoms with van der Waals surface area (Å²) in [6.45, 7) is 1.57. The maximum Gasteiger partial charge on any atom is 0.343 e. The maximum absolute atomic E-state index is 13.6. The van der Waals surface area contributed by atoms with E-state index in [9.17, 15) is 19.2 Å². The van der Waals surface area contributed by atoms with Crippen LogP contribution in [-0.4, -0.2) is 30.4 Å². The third kappa shape index (κ3) is 6.56. The van der Waals surface area contributed by atoms with Gasteiger partial charge in [-0.3, -0.25) is 14.4 Å². The molecule has 0 aliphatic carbocycles. The van der Waals surface area contributed by atoms with E-state index in [1.807, 2.05) is 6.92 Å². The van der Waals surface area contributed by atoms with Gasteiger partial charge in [-0.05, 0) is 105 Å². The largest absolute Gasteiger partial charge is 0.481 e. The second-order valence-electron chi connectivity index (χ2n) is 9.41. The zero-order chi connectivity index (χ0) is 30.7. The summed E-state index contributed by atoms with van der Waals surface area (Å²) in [7, 11) is 0. The lowest BCUT2D eigenvalue weighted by Crippen LogP contribution is -2.57. The molecule has 1 heterocycles. The summed E-state index contributed by atoms with van der Waals surface area (Å²) in [5.41, 5.74) is 2.34. The highest BCUT2D eigenvalue weighted by molar-refractivity contribution is 9.11. The Bertz CT molecular complexity index is 1690. The van der Waals surface area contributed by atoms with Crippen LogP contribution in [0, 0.1) is 6.92 Å². The number of ether oxygens (including phenoxy) is 1. The highest BCUT2D eigenvalue weighted by atomic mass is 79.9. The molecule has 1 fully saturated rings. The molecule has 0 atom stereocenters. The first-order chi connectivity index (χ1) is 20.6. The monoisotopic (exact) mass is 721 g/mol. The quantitative estimate of drug-likeness (QED) is 0.155. The number of imide groups is 2. The summed E-state index contributed by atoms with van der Waals surface area (Å²) in [4.78, 5) is 55.2. The van der Waals surface area contributed by atoms with Crippen molar-refractivity contribution in [2.24, 2.45) is 0 Å². The Hall–Kier alpha value is -4.25. The van der Waals surface area contributed by atoms with Gasteiger partial charge in [-0.15, -0.1) is 0 Å². The van der Waals surface area contributed by atoms with Crippen molar-refractivity contribution >= 4 is 90.4 Å². The van der Waals surface area contributed by atoms with Gasteiger partial charge < -0.3 is 10.1 Å². The van der Waals surface area contributed by atoms with E-state index in [1.165, 1.54) is 6.08 Å². The average molecular weight is 724 g/mol. The van der Waals surface area contributed by atoms with Crippen molar-refractivity contribution in [1.29, 1.82) is 0 Å². The van der Waals surface area contributed by atoms with Crippen LogP contribution in [0.2, 0.25) is 5.02 Å². The molecule has 5 rings (SSSR count). The fraction of sp³-hybridized carbons (Fsp3) is 0.0625. The highest BCUT2D eigenvalue weighted by Crippen LogP contribution is 2.36. The Morgan fingerprint density at radius 1 is 0.837 bits per heavy atom. The van der Waals surface area contributed by atoms with Crippen LogP contribution in [0.25, 0.3) is 6.08 Å².